The molecule has 0 bridgehead atoms. The van der Waals surface area contributed by atoms with E-state index in [4.69, 9.17) is 14.9 Å². The van der Waals surface area contributed by atoms with E-state index in [-0.39, 0.29) is 18.4 Å². The van der Waals surface area contributed by atoms with Crippen LogP contribution >= 0.6 is 0 Å². The minimum absolute atomic E-state index is 0.0545. The van der Waals surface area contributed by atoms with Gasteiger partial charge in [-0.1, -0.05) is 20.8 Å². The Hall–Kier alpha value is -1.67. The first-order chi connectivity index (χ1) is 11.3. The van der Waals surface area contributed by atoms with Gasteiger partial charge in [0.2, 0.25) is 5.91 Å². The molecule has 0 radical (unpaired) electrons. The van der Waals surface area contributed by atoms with Crippen LogP contribution in [0.3, 0.4) is 0 Å². The van der Waals surface area contributed by atoms with Gasteiger partial charge in [-0.2, -0.15) is 0 Å². The van der Waals surface area contributed by atoms with Crippen molar-refractivity contribution in [3.63, 3.8) is 0 Å². The standard InChI is InChI=1S/C16H28N2O6/c1-9(2)4-5-11(14(20)17-7-6-10(3)8-19)18-15(21)12-13(24-12)16(22)23/h9-13,19H,4-8H2,1-3H3,(H,17,20)(H,18,21)(H,22,23)/t10?,11-,12-,13-/m0/s1. The van der Waals surface area contributed by atoms with E-state index in [9.17, 15) is 14.4 Å². The number of carboxylic acids is 1. The topological polar surface area (TPSA) is 128 Å². The minimum atomic E-state index is -1.18. The number of carbonyl (C=O) groups is 3. The number of hydrogen-bond donors (Lipinski definition) is 4. The second-order valence-corrected chi connectivity index (χ2v) is 6.72. The highest BCUT2D eigenvalue weighted by Gasteiger charge is 2.51. The zero-order valence-corrected chi connectivity index (χ0v) is 14.4. The van der Waals surface area contributed by atoms with Gasteiger partial charge in [-0.3, -0.25) is 9.59 Å². The van der Waals surface area contributed by atoms with E-state index in [2.05, 4.69) is 10.6 Å². The summed E-state index contributed by atoms with van der Waals surface area (Å²) in [5.41, 5.74) is 0. The lowest BCUT2D eigenvalue weighted by Crippen LogP contribution is -2.48. The Labute approximate surface area is 141 Å². The molecule has 4 atom stereocenters. The Kier molecular flexibility index (Phi) is 8.14. The number of aliphatic hydroxyl groups excluding tert-OH is 1. The summed E-state index contributed by atoms with van der Waals surface area (Å²) in [5.74, 6) is -1.60. The SMILES string of the molecule is CC(C)CC[C@H](NC(=O)[C@H]1O[C@@H]1C(=O)O)C(=O)NCCC(C)CO. The maximum atomic E-state index is 12.3. The summed E-state index contributed by atoms with van der Waals surface area (Å²) < 4.78 is 4.80. The first-order valence-corrected chi connectivity index (χ1v) is 8.33. The highest BCUT2D eigenvalue weighted by Crippen LogP contribution is 2.22. The maximum absolute atomic E-state index is 12.3. The number of ether oxygens (including phenoxy) is 1. The molecule has 1 aliphatic rings. The molecule has 0 aromatic rings. The number of rotatable bonds is 11. The van der Waals surface area contributed by atoms with Crippen LogP contribution in [-0.2, 0) is 19.1 Å². The molecule has 2 amide bonds. The van der Waals surface area contributed by atoms with E-state index in [0.717, 1.165) is 6.42 Å². The van der Waals surface area contributed by atoms with E-state index in [1.807, 2.05) is 20.8 Å². The van der Waals surface area contributed by atoms with Crippen LogP contribution in [0.5, 0.6) is 0 Å². The molecule has 8 nitrogen and oxygen atoms in total. The van der Waals surface area contributed by atoms with E-state index in [1.54, 1.807) is 0 Å². The van der Waals surface area contributed by atoms with Gasteiger partial charge in [-0.25, -0.2) is 4.79 Å². The monoisotopic (exact) mass is 344 g/mol. The van der Waals surface area contributed by atoms with E-state index in [0.29, 0.717) is 25.3 Å². The van der Waals surface area contributed by atoms with Crippen LogP contribution in [-0.4, -0.2) is 59.4 Å². The molecule has 138 valence electrons. The number of carboxylic acid groups (broad SMARTS) is 1. The van der Waals surface area contributed by atoms with Crippen molar-refractivity contribution in [2.24, 2.45) is 11.8 Å². The summed E-state index contributed by atoms with van der Waals surface area (Å²) in [7, 11) is 0. The number of hydrogen-bond acceptors (Lipinski definition) is 5. The van der Waals surface area contributed by atoms with Crippen molar-refractivity contribution in [1.29, 1.82) is 0 Å². The molecule has 0 aliphatic carbocycles. The quantitative estimate of drug-likeness (QED) is 0.387. The van der Waals surface area contributed by atoms with Crippen LogP contribution in [0.2, 0.25) is 0 Å². The molecule has 1 heterocycles. The average Bonchev–Trinajstić information content (AvgIpc) is 3.31. The Morgan fingerprint density at radius 1 is 1.08 bits per heavy atom. The molecule has 0 saturated carbocycles. The number of aliphatic hydroxyl groups is 1. The van der Waals surface area contributed by atoms with Gasteiger partial charge in [0.25, 0.3) is 5.91 Å². The Bertz CT molecular complexity index is 454. The molecule has 0 aromatic heterocycles. The minimum Gasteiger partial charge on any atom is -0.479 e. The van der Waals surface area contributed by atoms with Crippen LogP contribution in [0, 0.1) is 11.8 Å². The van der Waals surface area contributed by atoms with Gasteiger partial charge < -0.3 is 25.6 Å². The fourth-order valence-electron chi connectivity index (χ4n) is 2.18. The van der Waals surface area contributed by atoms with Gasteiger partial charge >= 0.3 is 5.97 Å². The second-order valence-electron chi connectivity index (χ2n) is 6.72. The molecule has 1 unspecified atom stereocenters. The predicted molar refractivity (Wildman–Crippen MR) is 86.2 cm³/mol. The van der Waals surface area contributed by atoms with Crippen molar-refractivity contribution >= 4 is 17.8 Å². The highest BCUT2D eigenvalue weighted by atomic mass is 16.6. The zero-order valence-electron chi connectivity index (χ0n) is 14.4. The highest BCUT2D eigenvalue weighted by molar-refractivity contribution is 5.95. The van der Waals surface area contributed by atoms with Crippen molar-refractivity contribution in [2.75, 3.05) is 13.2 Å². The summed E-state index contributed by atoms with van der Waals surface area (Å²) in [6, 6.07) is -0.719. The normalized spacial score (nSPS) is 21.9. The third kappa shape index (κ3) is 6.84. The van der Waals surface area contributed by atoms with Crippen molar-refractivity contribution in [3.8, 4) is 0 Å². The van der Waals surface area contributed by atoms with Crippen LogP contribution in [0.4, 0.5) is 0 Å². The molecule has 1 rings (SSSR count). The molecular formula is C16H28N2O6. The molecule has 4 N–H and O–H groups in total. The van der Waals surface area contributed by atoms with Crippen molar-refractivity contribution in [2.45, 2.75) is 58.3 Å². The van der Waals surface area contributed by atoms with Gasteiger partial charge in [0.1, 0.15) is 6.04 Å². The lowest BCUT2D eigenvalue weighted by atomic mass is 10.0. The van der Waals surface area contributed by atoms with Crippen LogP contribution in [0.1, 0.15) is 40.0 Å². The van der Waals surface area contributed by atoms with Gasteiger partial charge in [0.05, 0.1) is 0 Å². The molecule has 24 heavy (non-hydrogen) atoms. The molecule has 0 spiro atoms. The van der Waals surface area contributed by atoms with E-state index in [1.165, 1.54) is 0 Å². The molecular weight excluding hydrogens is 316 g/mol. The fourth-order valence-corrected chi connectivity index (χ4v) is 2.18. The van der Waals surface area contributed by atoms with Crippen molar-refractivity contribution in [3.05, 3.63) is 0 Å². The predicted octanol–water partition coefficient (Wildman–Crippen LogP) is -0.106. The Morgan fingerprint density at radius 2 is 1.75 bits per heavy atom. The maximum Gasteiger partial charge on any atom is 0.336 e. The largest absolute Gasteiger partial charge is 0.479 e. The lowest BCUT2D eigenvalue weighted by molar-refractivity contribution is -0.138. The Balaban J connectivity index is 2.51. The van der Waals surface area contributed by atoms with E-state index >= 15 is 0 Å². The van der Waals surface area contributed by atoms with Crippen LogP contribution in [0.15, 0.2) is 0 Å². The molecule has 1 aliphatic heterocycles. The van der Waals surface area contributed by atoms with Crippen molar-refractivity contribution in [1.82, 2.24) is 10.6 Å². The molecule has 1 fully saturated rings. The number of aliphatic carboxylic acids is 1. The zero-order chi connectivity index (χ0) is 18.3. The summed E-state index contributed by atoms with van der Waals surface area (Å²) in [6.45, 7) is 6.38. The third-order valence-electron chi connectivity index (χ3n) is 3.91. The number of nitrogens with one attached hydrogen (secondary N) is 2. The molecule has 0 aromatic carbocycles. The number of amides is 2. The summed E-state index contributed by atoms with van der Waals surface area (Å²) in [6.07, 6.45) is -0.287. The van der Waals surface area contributed by atoms with Crippen LogP contribution in [0.25, 0.3) is 0 Å². The summed E-state index contributed by atoms with van der Waals surface area (Å²) in [4.78, 5) is 35.0. The van der Waals surface area contributed by atoms with Gasteiger partial charge in [0.15, 0.2) is 12.2 Å². The second kappa shape index (κ2) is 9.58. The number of carbonyl (C=O) groups excluding carboxylic acids is 2. The Morgan fingerprint density at radius 3 is 2.25 bits per heavy atom. The number of epoxide rings is 1. The van der Waals surface area contributed by atoms with Crippen LogP contribution < -0.4 is 10.6 Å². The summed E-state index contributed by atoms with van der Waals surface area (Å²) >= 11 is 0. The lowest BCUT2D eigenvalue weighted by Gasteiger charge is -2.19. The smallest absolute Gasteiger partial charge is 0.336 e. The first kappa shape index (κ1) is 20.4. The fraction of sp³-hybridized carbons (Fsp3) is 0.812. The van der Waals surface area contributed by atoms with Gasteiger partial charge in [-0.15, -0.1) is 0 Å². The first-order valence-electron chi connectivity index (χ1n) is 8.33. The van der Waals surface area contributed by atoms with E-state index < -0.39 is 30.1 Å². The molecule has 8 heteroatoms. The van der Waals surface area contributed by atoms with Gasteiger partial charge in [0, 0.05) is 13.2 Å². The summed E-state index contributed by atoms with van der Waals surface area (Å²) in [5, 5.41) is 23.1. The van der Waals surface area contributed by atoms with Gasteiger partial charge in [-0.05, 0) is 31.1 Å². The molecule has 1 saturated heterocycles. The third-order valence-corrected chi connectivity index (χ3v) is 3.91. The van der Waals surface area contributed by atoms with Crippen molar-refractivity contribution < 1.29 is 29.3 Å². The average molecular weight is 344 g/mol.